The van der Waals surface area contributed by atoms with Crippen molar-refractivity contribution >= 4 is 6.09 Å². The van der Waals surface area contributed by atoms with Crippen molar-refractivity contribution in [2.45, 2.75) is 52.6 Å². The molecular formula is C12H25NO3. The van der Waals surface area contributed by atoms with Crippen LogP contribution in [0.15, 0.2) is 0 Å². The minimum Gasteiger partial charge on any atom is -0.444 e. The molecule has 1 fully saturated rings. The van der Waals surface area contributed by atoms with Crippen molar-refractivity contribution in [1.29, 1.82) is 0 Å². The van der Waals surface area contributed by atoms with Gasteiger partial charge in [0.1, 0.15) is 5.60 Å². The van der Waals surface area contributed by atoms with E-state index in [1.807, 2.05) is 20.8 Å². The predicted molar refractivity (Wildman–Crippen MR) is 64.4 cm³/mol. The molecule has 4 heteroatoms. The van der Waals surface area contributed by atoms with E-state index in [4.69, 9.17) is 9.84 Å². The van der Waals surface area contributed by atoms with Gasteiger partial charge in [-0.2, -0.15) is 0 Å². The zero-order valence-corrected chi connectivity index (χ0v) is 11.0. The van der Waals surface area contributed by atoms with Gasteiger partial charge in [-0.25, -0.2) is 4.79 Å². The Kier molecular flexibility index (Phi) is 7.13. The number of amides is 1. The monoisotopic (exact) mass is 231 g/mol. The molecule has 1 saturated heterocycles. The van der Waals surface area contributed by atoms with Crippen molar-refractivity contribution in [3.05, 3.63) is 0 Å². The predicted octanol–water partition coefficient (Wildman–Crippen LogP) is 2.41. The van der Waals surface area contributed by atoms with Crippen LogP contribution in [0.4, 0.5) is 4.79 Å². The maximum Gasteiger partial charge on any atom is 0.410 e. The summed E-state index contributed by atoms with van der Waals surface area (Å²) < 4.78 is 5.26. The molecule has 1 N–H and O–H groups in total. The van der Waals surface area contributed by atoms with Gasteiger partial charge in [-0.05, 0) is 47.0 Å². The highest BCUT2D eigenvalue weighted by atomic mass is 16.6. The van der Waals surface area contributed by atoms with Gasteiger partial charge in [-0.3, -0.25) is 0 Å². The highest BCUT2D eigenvalue weighted by molar-refractivity contribution is 5.68. The van der Waals surface area contributed by atoms with E-state index >= 15 is 0 Å². The number of rotatable bonds is 0. The molecule has 1 amide bonds. The number of piperidine rings is 1. The Labute approximate surface area is 98.6 Å². The van der Waals surface area contributed by atoms with Crippen molar-refractivity contribution in [1.82, 2.24) is 4.90 Å². The fourth-order valence-corrected chi connectivity index (χ4v) is 1.40. The van der Waals surface area contributed by atoms with Crippen LogP contribution in [0.2, 0.25) is 0 Å². The first-order valence-corrected chi connectivity index (χ1v) is 5.99. The Hall–Kier alpha value is -0.770. The summed E-state index contributed by atoms with van der Waals surface area (Å²) in [6.45, 7) is 9.34. The first-order chi connectivity index (χ1) is 7.40. The summed E-state index contributed by atoms with van der Waals surface area (Å²) in [5.74, 6) is 0. The molecule has 1 aliphatic heterocycles. The van der Waals surface area contributed by atoms with Crippen molar-refractivity contribution in [3.63, 3.8) is 0 Å². The molecule has 1 aliphatic rings. The second-order valence-corrected chi connectivity index (χ2v) is 4.84. The highest BCUT2D eigenvalue weighted by Gasteiger charge is 2.22. The molecule has 0 radical (unpaired) electrons. The summed E-state index contributed by atoms with van der Waals surface area (Å²) in [6.07, 6.45) is 3.30. The molecule has 0 aliphatic carbocycles. The molecule has 4 nitrogen and oxygen atoms in total. The van der Waals surface area contributed by atoms with Gasteiger partial charge in [-0.15, -0.1) is 0 Å². The second kappa shape index (κ2) is 7.49. The zero-order valence-electron chi connectivity index (χ0n) is 11.0. The molecule has 0 aromatic carbocycles. The summed E-state index contributed by atoms with van der Waals surface area (Å²) >= 11 is 0. The summed E-state index contributed by atoms with van der Waals surface area (Å²) in [5.41, 5.74) is -0.367. The Balaban J connectivity index is 0.000000673. The molecule has 0 saturated carbocycles. The van der Waals surface area contributed by atoms with Crippen LogP contribution in [0.25, 0.3) is 0 Å². The van der Waals surface area contributed by atoms with Crippen LogP contribution in [0.1, 0.15) is 47.0 Å². The molecule has 0 atom stereocenters. The van der Waals surface area contributed by atoms with E-state index in [0.29, 0.717) is 0 Å². The number of hydrogen-bond donors (Lipinski definition) is 1. The van der Waals surface area contributed by atoms with Gasteiger partial charge in [0.2, 0.25) is 0 Å². The van der Waals surface area contributed by atoms with Gasteiger partial charge in [0, 0.05) is 19.7 Å². The van der Waals surface area contributed by atoms with Gasteiger partial charge in [0.05, 0.1) is 0 Å². The number of aliphatic hydroxyl groups is 1. The first kappa shape index (κ1) is 15.2. The van der Waals surface area contributed by atoms with Gasteiger partial charge >= 0.3 is 6.09 Å². The van der Waals surface area contributed by atoms with E-state index in [-0.39, 0.29) is 18.3 Å². The summed E-state index contributed by atoms with van der Waals surface area (Å²) in [6, 6.07) is 0. The molecule has 0 unspecified atom stereocenters. The van der Waals surface area contributed by atoms with Crippen LogP contribution in [-0.4, -0.2) is 41.4 Å². The van der Waals surface area contributed by atoms with E-state index in [9.17, 15) is 4.79 Å². The van der Waals surface area contributed by atoms with E-state index < -0.39 is 0 Å². The molecule has 0 bridgehead atoms. The van der Waals surface area contributed by atoms with E-state index in [0.717, 1.165) is 25.9 Å². The van der Waals surface area contributed by atoms with E-state index in [2.05, 4.69) is 0 Å². The Morgan fingerprint density at radius 1 is 1.25 bits per heavy atom. The zero-order chi connectivity index (χ0) is 12.6. The van der Waals surface area contributed by atoms with Gasteiger partial charge in [0.15, 0.2) is 0 Å². The lowest BCUT2D eigenvalue weighted by molar-refractivity contribution is 0.0216. The smallest absolute Gasteiger partial charge is 0.410 e. The number of ether oxygens (including phenoxy) is 1. The quantitative estimate of drug-likeness (QED) is 0.696. The minimum absolute atomic E-state index is 0.160. The van der Waals surface area contributed by atoms with Gasteiger partial charge in [0.25, 0.3) is 0 Å². The van der Waals surface area contributed by atoms with Crippen LogP contribution in [0.3, 0.4) is 0 Å². The normalized spacial score (nSPS) is 16.2. The fourth-order valence-electron chi connectivity index (χ4n) is 1.40. The highest BCUT2D eigenvalue weighted by Crippen LogP contribution is 2.14. The van der Waals surface area contributed by atoms with Crippen LogP contribution >= 0.6 is 0 Å². The number of hydrogen-bond acceptors (Lipinski definition) is 3. The van der Waals surface area contributed by atoms with Crippen LogP contribution in [0, 0.1) is 0 Å². The SMILES string of the molecule is CC(C)(C)OC(=O)N1CCCCC1.CCO. The van der Waals surface area contributed by atoms with Gasteiger partial charge in [-0.1, -0.05) is 0 Å². The van der Waals surface area contributed by atoms with Gasteiger partial charge < -0.3 is 14.7 Å². The van der Waals surface area contributed by atoms with Crippen molar-refractivity contribution in [2.75, 3.05) is 19.7 Å². The van der Waals surface area contributed by atoms with Crippen molar-refractivity contribution in [3.8, 4) is 0 Å². The summed E-state index contributed by atoms with van der Waals surface area (Å²) in [5, 5.41) is 7.57. The Morgan fingerprint density at radius 2 is 1.69 bits per heavy atom. The number of carbonyl (C=O) groups is 1. The standard InChI is InChI=1S/C10H19NO2.C2H6O/c1-10(2,3)13-9(12)11-7-5-4-6-8-11;1-2-3/h4-8H2,1-3H3;3H,2H2,1H3. The molecular weight excluding hydrogens is 206 g/mol. The molecule has 16 heavy (non-hydrogen) atoms. The lowest BCUT2D eigenvalue weighted by Crippen LogP contribution is -2.39. The lowest BCUT2D eigenvalue weighted by Gasteiger charge is -2.29. The number of nitrogens with zero attached hydrogens (tertiary/aromatic N) is 1. The minimum atomic E-state index is -0.367. The third-order valence-corrected chi connectivity index (χ3v) is 2.01. The molecule has 0 aromatic heterocycles. The average molecular weight is 231 g/mol. The van der Waals surface area contributed by atoms with Crippen molar-refractivity contribution in [2.24, 2.45) is 0 Å². The molecule has 1 heterocycles. The number of aliphatic hydroxyl groups excluding tert-OH is 1. The van der Waals surface area contributed by atoms with Crippen molar-refractivity contribution < 1.29 is 14.6 Å². The number of carbonyl (C=O) groups excluding carboxylic acids is 1. The fraction of sp³-hybridized carbons (Fsp3) is 0.917. The van der Waals surface area contributed by atoms with Crippen LogP contribution in [0.5, 0.6) is 0 Å². The largest absolute Gasteiger partial charge is 0.444 e. The van der Waals surface area contributed by atoms with Crippen LogP contribution in [-0.2, 0) is 4.74 Å². The molecule has 96 valence electrons. The van der Waals surface area contributed by atoms with E-state index in [1.165, 1.54) is 6.42 Å². The molecule has 0 aromatic rings. The Bertz CT molecular complexity index is 193. The topological polar surface area (TPSA) is 49.8 Å². The summed E-state index contributed by atoms with van der Waals surface area (Å²) in [4.78, 5) is 13.3. The third-order valence-electron chi connectivity index (χ3n) is 2.01. The Morgan fingerprint density at radius 3 is 2.06 bits per heavy atom. The van der Waals surface area contributed by atoms with Crippen LogP contribution < -0.4 is 0 Å². The molecule has 1 rings (SSSR count). The second-order valence-electron chi connectivity index (χ2n) is 4.84. The average Bonchev–Trinajstić information content (AvgIpc) is 2.18. The molecule has 0 spiro atoms. The van der Waals surface area contributed by atoms with E-state index in [1.54, 1.807) is 11.8 Å². The lowest BCUT2D eigenvalue weighted by atomic mass is 10.1. The maximum atomic E-state index is 11.5. The third kappa shape index (κ3) is 7.51. The first-order valence-electron chi connectivity index (χ1n) is 5.99. The summed E-state index contributed by atoms with van der Waals surface area (Å²) in [7, 11) is 0. The number of likely N-dealkylation sites (tertiary alicyclic amines) is 1. The maximum absolute atomic E-state index is 11.5.